The summed E-state index contributed by atoms with van der Waals surface area (Å²) in [4.78, 5) is 18.0. The van der Waals surface area contributed by atoms with Crippen molar-refractivity contribution in [2.24, 2.45) is 0 Å². The minimum atomic E-state index is -3.00. The van der Waals surface area contributed by atoms with Crippen LogP contribution in [0.15, 0.2) is 89.8 Å². The maximum absolute atomic E-state index is 11.2. The Bertz CT molecular complexity index is 907. The summed E-state index contributed by atoms with van der Waals surface area (Å²) in [7, 11) is -3.00. The molecule has 0 heterocycles. The highest BCUT2D eigenvalue weighted by atomic mass is 32.2. The lowest BCUT2D eigenvalue weighted by molar-refractivity contribution is -0.122. The van der Waals surface area contributed by atoms with Crippen LogP contribution in [0.4, 0.5) is 0 Å². The highest BCUT2D eigenvalue weighted by Gasteiger charge is 2.08. The van der Waals surface area contributed by atoms with Gasteiger partial charge in [0.2, 0.25) is 0 Å². The summed E-state index contributed by atoms with van der Waals surface area (Å²) in [6, 6.07) is 27.2. The van der Waals surface area contributed by atoms with Gasteiger partial charge in [-0.05, 0) is 32.9 Å². The SMILES string of the molecule is C.CCS(=O)(=O)c1ccccc1.Cc1ccc(C)cc1.Cc1ccccc1.O=CC=O. The molecule has 4 nitrogen and oxygen atoms in total. The van der Waals surface area contributed by atoms with E-state index in [2.05, 4.69) is 57.2 Å². The van der Waals surface area contributed by atoms with Crippen molar-refractivity contribution in [1.82, 2.24) is 0 Å². The maximum Gasteiger partial charge on any atom is 0.182 e. The van der Waals surface area contributed by atoms with Gasteiger partial charge in [-0.2, -0.15) is 0 Å². The van der Waals surface area contributed by atoms with E-state index in [1.807, 2.05) is 18.2 Å². The third kappa shape index (κ3) is 15.5. The van der Waals surface area contributed by atoms with Crippen molar-refractivity contribution in [3.05, 3.63) is 102 Å². The third-order valence-electron chi connectivity index (χ3n) is 3.70. The van der Waals surface area contributed by atoms with E-state index in [1.54, 1.807) is 37.3 Å². The van der Waals surface area contributed by atoms with Gasteiger partial charge in [0, 0.05) is 0 Å². The monoisotopic (exact) mass is 442 g/mol. The third-order valence-corrected chi connectivity index (χ3v) is 5.45. The Morgan fingerprint density at radius 2 is 0.935 bits per heavy atom. The molecule has 0 saturated carbocycles. The zero-order valence-corrected chi connectivity index (χ0v) is 18.8. The molecule has 0 aliphatic heterocycles. The van der Waals surface area contributed by atoms with Gasteiger partial charge in [-0.3, -0.25) is 9.59 Å². The van der Waals surface area contributed by atoms with Crippen LogP contribution in [0, 0.1) is 20.8 Å². The first-order chi connectivity index (χ1) is 14.3. The lowest BCUT2D eigenvalue weighted by atomic mass is 10.2. The summed E-state index contributed by atoms with van der Waals surface area (Å²) < 4.78 is 22.4. The molecule has 0 bridgehead atoms. The van der Waals surface area contributed by atoms with E-state index in [9.17, 15) is 8.42 Å². The van der Waals surface area contributed by atoms with Crippen molar-refractivity contribution in [2.45, 2.75) is 40.0 Å². The van der Waals surface area contributed by atoms with Crippen LogP contribution in [0.1, 0.15) is 31.0 Å². The average Bonchev–Trinajstić information content (AvgIpc) is 2.78. The first-order valence-electron chi connectivity index (χ1n) is 9.48. The number of carbonyl (C=O) groups is 2. The summed E-state index contributed by atoms with van der Waals surface area (Å²) >= 11 is 0. The van der Waals surface area contributed by atoms with Gasteiger partial charge in [0.15, 0.2) is 22.4 Å². The predicted octanol–water partition coefficient (Wildman–Crippen LogP) is 5.80. The number of hydrogen-bond donors (Lipinski definition) is 0. The summed E-state index contributed by atoms with van der Waals surface area (Å²) in [6.07, 6.45) is 0.389. The maximum atomic E-state index is 11.2. The highest BCUT2D eigenvalue weighted by molar-refractivity contribution is 7.91. The molecule has 3 rings (SSSR count). The molecule has 0 aliphatic carbocycles. The fourth-order valence-electron chi connectivity index (χ4n) is 1.97. The number of aryl methyl sites for hydroxylation is 3. The largest absolute Gasteiger partial charge is 0.295 e. The van der Waals surface area contributed by atoms with Gasteiger partial charge in [0.1, 0.15) is 0 Å². The highest BCUT2D eigenvalue weighted by Crippen LogP contribution is 2.08. The Labute approximate surface area is 187 Å². The van der Waals surface area contributed by atoms with Gasteiger partial charge >= 0.3 is 0 Å². The summed E-state index contributed by atoms with van der Waals surface area (Å²) in [6.45, 7) is 7.92. The normalized spacial score (nSPS) is 9.03. The van der Waals surface area contributed by atoms with Crippen LogP contribution in [0.2, 0.25) is 0 Å². The fraction of sp³-hybridized carbons (Fsp3) is 0.231. The average molecular weight is 443 g/mol. The Hall–Kier alpha value is -3.05. The van der Waals surface area contributed by atoms with Crippen LogP contribution >= 0.6 is 0 Å². The Morgan fingerprint density at radius 3 is 1.19 bits per heavy atom. The number of rotatable bonds is 3. The van der Waals surface area contributed by atoms with Crippen molar-refractivity contribution >= 4 is 22.4 Å². The lowest BCUT2D eigenvalue weighted by Crippen LogP contribution is -2.02. The summed E-state index contributed by atoms with van der Waals surface area (Å²) in [5.41, 5.74) is 3.98. The van der Waals surface area contributed by atoms with Crippen LogP contribution in [0.3, 0.4) is 0 Å². The van der Waals surface area contributed by atoms with E-state index in [-0.39, 0.29) is 25.8 Å². The molecule has 0 aliphatic rings. The fourth-order valence-corrected chi connectivity index (χ4v) is 2.87. The van der Waals surface area contributed by atoms with Crippen molar-refractivity contribution in [1.29, 1.82) is 0 Å². The van der Waals surface area contributed by atoms with Crippen LogP contribution in [0.25, 0.3) is 0 Å². The van der Waals surface area contributed by atoms with Crippen LogP contribution in [-0.2, 0) is 19.4 Å². The second-order valence-corrected chi connectivity index (χ2v) is 8.58. The lowest BCUT2D eigenvalue weighted by Gasteiger charge is -1.98. The van der Waals surface area contributed by atoms with Gasteiger partial charge in [0.25, 0.3) is 0 Å². The van der Waals surface area contributed by atoms with Gasteiger partial charge in [0.05, 0.1) is 10.6 Å². The first kappa shape index (κ1) is 30.1. The zero-order valence-electron chi connectivity index (χ0n) is 18.0. The van der Waals surface area contributed by atoms with E-state index in [0.717, 1.165) is 0 Å². The second-order valence-electron chi connectivity index (χ2n) is 6.30. The number of benzene rings is 3. The minimum Gasteiger partial charge on any atom is -0.295 e. The Balaban J connectivity index is 0. The molecule has 0 amide bonds. The molecule has 0 radical (unpaired) electrons. The molecule has 31 heavy (non-hydrogen) atoms. The van der Waals surface area contributed by atoms with E-state index < -0.39 is 9.84 Å². The smallest absolute Gasteiger partial charge is 0.182 e. The topological polar surface area (TPSA) is 68.3 Å². The summed E-state index contributed by atoms with van der Waals surface area (Å²) in [5, 5.41) is 0. The van der Waals surface area contributed by atoms with Gasteiger partial charge in [-0.15, -0.1) is 0 Å². The molecule has 0 fully saturated rings. The number of sulfone groups is 1. The van der Waals surface area contributed by atoms with Gasteiger partial charge in [-0.1, -0.05) is 104 Å². The number of aldehydes is 2. The molecule has 0 aromatic heterocycles. The van der Waals surface area contributed by atoms with Gasteiger partial charge < -0.3 is 0 Å². The Kier molecular flexibility index (Phi) is 17.3. The van der Waals surface area contributed by atoms with Crippen molar-refractivity contribution in [3.63, 3.8) is 0 Å². The van der Waals surface area contributed by atoms with Crippen molar-refractivity contribution in [2.75, 3.05) is 5.75 Å². The van der Waals surface area contributed by atoms with Crippen molar-refractivity contribution < 1.29 is 18.0 Å². The molecular formula is C26H34O4S. The number of carbonyl (C=O) groups excluding carboxylic acids is 2. The van der Waals surface area contributed by atoms with Gasteiger partial charge in [-0.25, -0.2) is 8.42 Å². The molecule has 0 unspecified atom stereocenters. The molecule has 0 spiro atoms. The Morgan fingerprint density at radius 1 is 0.613 bits per heavy atom. The predicted molar refractivity (Wildman–Crippen MR) is 130 cm³/mol. The minimum absolute atomic E-state index is 0. The van der Waals surface area contributed by atoms with Crippen molar-refractivity contribution in [3.8, 4) is 0 Å². The molecule has 0 saturated heterocycles. The molecule has 3 aromatic rings. The zero-order chi connectivity index (χ0) is 22.8. The molecule has 5 heteroatoms. The molecule has 168 valence electrons. The number of hydrogen-bond acceptors (Lipinski definition) is 4. The standard InChI is InChI=1S/C8H10O2S.C8H10.C7H8.C2H2O2.CH4/c1-2-11(9,10)8-6-4-3-5-7-8;1-7-3-5-8(2)6-4-7;1-7-5-3-2-4-6-7;3-1-2-4;/h3-7H,2H2,1H3;3-6H,1-2H3;2-6H,1H3;1-2H;1H4. The van der Waals surface area contributed by atoms with E-state index in [4.69, 9.17) is 9.59 Å². The summed E-state index contributed by atoms with van der Waals surface area (Å²) in [5.74, 6) is 0.164. The van der Waals surface area contributed by atoms with E-state index in [1.165, 1.54) is 16.7 Å². The van der Waals surface area contributed by atoms with E-state index in [0.29, 0.717) is 4.90 Å². The quantitative estimate of drug-likeness (QED) is 0.380. The molecule has 3 aromatic carbocycles. The first-order valence-corrected chi connectivity index (χ1v) is 11.1. The second kappa shape index (κ2) is 17.8. The van der Waals surface area contributed by atoms with Crippen LogP contribution in [0.5, 0.6) is 0 Å². The molecular weight excluding hydrogens is 408 g/mol. The molecule has 0 atom stereocenters. The van der Waals surface area contributed by atoms with Crippen LogP contribution in [-0.4, -0.2) is 26.7 Å². The molecule has 0 N–H and O–H groups in total. The van der Waals surface area contributed by atoms with E-state index >= 15 is 0 Å². The van der Waals surface area contributed by atoms with Crippen LogP contribution < -0.4 is 0 Å².